The fourth-order valence-corrected chi connectivity index (χ4v) is 3.60. The molecule has 1 aromatic heterocycles. The average molecular weight is 263 g/mol. The van der Waals surface area contributed by atoms with Crippen LogP contribution in [0.5, 0.6) is 0 Å². The van der Waals surface area contributed by atoms with Crippen LogP contribution < -0.4 is 5.32 Å². The van der Waals surface area contributed by atoms with Gasteiger partial charge < -0.3 is 9.73 Å². The van der Waals surface area contributed by atoms with Gasteiger partial charge in [-0.3, -0.25) is 0 Å². The Kier molecular flexibility index (Phi) is 5.96. The Morgan fingerprint density at radius 1 is 1.26 bits per heavy atom. The summed E-state index contributed by atoms with van der Waals surface area (Å²) in [4.78, 5) is 0. The Labute approximate surface area is 118 Å². The Balaban J connectivity index is 1.85. The molecule has 2 rings (SSSR count). The molecular formula is C17H29NO. The summed E-state index contributed by atoms with van der Waals surface area (Å²) in [5.41, 5.74) is 0. The third kappa shape index (κ3) is 4.38. The first-order chi connectivity index (χ1) is 9.33. The van der Waals surface area contributed by atoms with Gasteiger partial charge in [0.05, 0.1) is 6.26 Å². The van der Waals surface area contributed by atoms with E-state index in [0.717, 1.165) is 30.6 Å². The molecule has 0 radical (unpaired) electrons. The van der Waals surface area contributed by atoms with Gasteiger partial charge in [0, 0.05) is 12.5 Å². The summed E-state index contributed by atoms with van der Waals surface area (Å²) in [6.45, 7) is 5.57. The summed E-state index contributed by atoms with van der Waals surface area (Å²) in [5, 5.41) is 3.68. The van der Waals surface area contributed by atoms with Crippen LogP contribution in [0.4, 0.5) is 0 Å². The van der Waals surface area contributed by atoms with Crippen molar-refractivity contribution in [2.75, 3.05) is 6.54 Å². The Morgan fingerprint density at radius 3 is 2.63 bits per heavy atom. The molecule has 1 unspecified atom stereocenters. The Hall–Kier alpha value is -0.760. The summed E-state index contributed by atoms with van der Waals surface area (Å²) in [6.07, 6.45) is 11.2. The molecule has 108 valence electrons. The normalized spacial score (nSPS) is 25.4. The van der Waals surface area contributed by atoms with E-state index in [1.807, 2.05) is 6.07 Å². The number of hydrogen-bond donors (Lipinski definition) is 1. The first-order valence-electron chi connectivity index (χ1n) is 8.09. The highest BCUT2D eigenvalue weighted by molar-refractivity contribution is 5.01. The van der Waals surface area contributed by atoms with Crippen molar-refractivity contribution in [1.82, 2.24) is 5.32 Å². The van der Waals surface area contributed by atoms with Crippen LogP contribution in [-0.4, -0.2) is 12.6 Å². The molecule has 0 spiro atoms. The molecule has 0 aliphatic heterocycles. The van der Waals surface area contributed by atoms with Crippen LogP contribution in [0.15, 0.2) is 22.8 Å². The van der Waals surface area contributed by atoms with E-state index in [9.17, 15) is 0 Å². The molecule has 1 saturated carbocycles. The van der Waals surface area contributed by atoms with E-state index in [1.165, 1.54) is 38.5 Å². The van der Waals surface area contributed by atoms with Crippen LogP contribution in [0.2, 0.25) is 0 Å². The van der Waals surface area contributed by atoms with E-state index in [-0.39, 0.29) is 0 Å². The molecular weight excluding hydrogens is 234 g/mol. The standard InChI is InChI=1S/C17H29NO/c1-3-6-14-8-10-15(11-9-14)17(18-4-2)13-16-7-5-12-19-16/h5,7,12,14-15,17-18H,3-4,6,8-11,13H2,1-2H3. The predicted molar refractivity (Wildman–Crippen MR) is 80.2 cm³/mol. The molecule has 1 atom stereocenters. The molecule has 19 heavy (non-hydrogen) atoms. The van der Waals surface area contributed by atoms with Gasteiger partial charge in [0.1, 0.15) is 5.76 Å². The largest absolute Gasteiger partial charge is 0.469 e. The van der Waals surface area contributed by atoms with Gasteiger partial charge in [-0.05, 0) is 43.4 Å². The summed E-state index contributed by atoms with van der Waals surface area (Å²) in [7, 11) is 0. The smallest absolute Gasteiger partial charge is 0.105 e. The minimum absolute atomic E-state index is 0.596. The van der Waals surface area contributed by atoms with Gasteiger partial charge in [-0.15, -0.1) is 0 Å². The van der Waals surface area contributed by atoms with E-state index in [1.54, 1.807) is 6.26 Å². The Morgan fingerprint density at radius 2 is 2.05 bits per heavy atom. The summed E-state index contributed by atoms with van der Waals surface area (Å²) < 4.78 is 5.52. The predicted octanol–water partition coefficient (Wildman–Crippen LogP) is 4.41. The van der Waals surface area contributed by atoms with Crippen molar-refractivity contribution in [2.45, 2.75) is 64.8 Å². The van der Waals surface area contributed by atoms with Crippen LogP contribution in [-0.2, 0) is 6.42 Å². The SMILES string of the molecule is CCCC1CCC(C(Cc2ccco2)NCC)CC1. The van der Waals surface area contributed by atoms with Gasteiger partial charge in [0.25, 0.3) is 0 Å². The maximum atomic E-state index is 5.52. The summed E-state index contributed by atoms with van der Waals surface area (Å²) in [6, 6.07) is 4.70. The number of furan rings is 1. The van der Waals surface area contributed by atoms with E-state index in [0.29, 0.717) is 6.04 Å². The second kappa shape index (κ2) is 7.74. The van der Waals surface area contributed by atoms with Crippen LogP contribution in [0, 0.1) is 11.8 Å². The third-order valence-corrected chi connectivity index (χ3v) is 4.62. The van der Waals surface area contributed by atoms with Gasteiger partial charge >= 0.3 is 0 Å². The maximum Gasteiger partial charge on any atom is 0.105 e. The van der Waals surface area contributed by atoms with Gasteiger partial charge in [-0.1, -0.05) is 39.5 Å². The molecule has 1 aromatic rings. The molecule has 1 heterocycles. The second-order valence-corrected chi connectivity index (χ2v) is 6.02. The van der Waals surface area contributed by atoms with Gasteiger partial charge in [0.2, 0.25) is 0 Å². The first kappa shape index (κ1) is 14.6. The minimum atomic E-state index is 0.596. The van der Waals surface area contributed by atoms with E-state index < -0.39 is 0 Å². The maximum absolute atomic E-state index is 5.52. The number of nitrogens with one attached hydrogen (secondary N) is 1. The van der Waals surface area contributed by atoms with Gasteiger partial charge in [0.15, 0.2) is 0 Å². The van der Waals surface area contributed by atoms with Gasteiger partial charge in [-0.2, -0.15) is 0 Å². The summed E-state index contributed by atoms with van der Waals surface area (Å²) in [5.74, 6) is 2.95. The zero-order valence-electron chi connectivity index (χ0n) is 12.5. The van der Waals surface area contributed by atoms with Crippen molar-refractivity contribution in [1.29, 1.82) is 0 Å². The molecule has 1 fully saturated rings. The molecule has 0 aromatic carbocycles. The van der Waals surface area contributed by atoms with E-state index >= 15 is 0 Å². The van der Waals surface area contributed by atoms with Crippen LogP contribution in [0.25, 0.3) is 0 Å². The highest BCUT2D eigenvalue weighted by Gasteiger charge is 2.27. The van der Waals surface area contributed by atoms with Crippen molar-refractivity contribution in [2.24, 2.45) is 11.8 Å². The Bertz CT molecular complexity index is 325. The lowest BCUT2D eigenvalue weighted by Crippen LogP contribution is -2.39. The minimum Gasteiger partial charge on any atom is -0.469 e. The van der Waals surface area contributed by atoms with Crippen LogP contribution >= 0.6 is 0 Å². The van der Waals surface area contributed by atoms with E-state index in [2.05, 4.69) is 25.2 Å². The van der Waals surface area contributed by atoms with Gasteiger partial charge in [-0.25, -0.2) is 0 Å². The molecule has 1 N–H and O–H groups in total. The van der Waals surface area contributed by atoms with Crippen LogP contribution in [0.1, 0.15) is 58.1 Å². The van der Waals surface area contributed by atoms with Crippen molar-refractivity contribution in [3.05, 3.63) is 24.2 Å². The monoisotopic (exact) mass is 263 g/mol. The molecule has 0 amide bonds. The molecule has 0 saturated heterocycles. The zero-order valence-corrected chi connectivity index (χ0v) is 12.5. The van der Waals surface area contributed by atoms with E-state index in [4.69, 9.17) is 4.42 Å². The lowest BCUT2D eigenvalue weighted by Gasteiger charge is -2.34. The number of rotatable bonds is 7. The highest BCUT2D eigenvalue weighted by atomic mass is 16.3. The zero-order chi connectivity index (χ0) is 13.5. The molecule has 0 bridgehead atoms. The second-order valence-electron chi connectivity index (χ2n) is 6.02. The lowest BCUT2D eigenvalue weighted by molar-refractivity contribution is 0.209. The number of hydrogen-bond acceptors (Lipinski definition) is 2. The molecule has 2 heteroatoms. The quantitative estimate of drug-likeness (QED) is 0.788. The average Bonchev–Trinajstić information content (AvgIpc) is 2.93. The fraction of sp³-hybridized carbons (Fsp3) is 0.765. The lowest BCUT2D eigenvalue weighted by atomic mass is 9.76. The van der Waals surface area contributed by atoms with Crippen LogP contribution in [0.3, 0.4) is 0 Å². The third-order valence-electron chi connectivity index (χ3n) is 4.62. The molecule has 1 aliphatic rings. The summed E-state index contributed by atoms with van der Waals surface area (Å²) >= 11 is 0. The van der Waals surface area contributed by atoms with Crippen molar-refractivity contribution in [3.8, 4) is 0 Å². The van der Waals surface area contributed by atoms with Crippen molar-refractivity contribution < 1.29 is 4.42 Å². The van der Waals surface area contributed by atoms with Crippen molar-refractivity contribution >= 4 is 0 Å². The van der Waals surface area contributed by atoms with Crippen molar-refractivity contribution in [3.63, 3.8) is 0 Å². The fourth-order valence-electron chi connectivity index (χ4n) is 3.60. The number of likely N-dealkylation sites (N-methyl/N-ethyl adjacent to an activating group) is 1. The highest BCUT2D eigenvalue weighted by Crippen LogP contribution is 2.34. The molecule has 2 nitrogen and oxygen atoms in total. The molecule has 1 aliphatic carbocycles. The first-order valence-corrected chi connectivity index (χ1v) is 8.09. The topological polar surface area (TPSA) is 25.2 Å².